The molecule has 4 heteroatoms. The van der Waals surface area contributed by atoms with E-state index >= 15 is 0 Å². The van der Waals surface area contributed by atoms with E-state index in [0.717, 1.165) is 11.4 Å². The van der Waals surface area contributed by atoms with Gasteiger partial charge in [-0.3, -0.25) is 0 Å². The van der Waals surface area contributed by atoms with Crippen molar-refractivity contribution in [1.82, 2.24) is 0 Å². The minimum Gasteiger partial charge on any atom is -1.00 e. The predicted molar refractivity (Wildman–Crippen MR) is 192 cm³/mol. The molecule has 7 rings (SSSR count). The van der Waals surface area contributed by atoms with E-state index < -0.39 is 0 Å². The molecule has 0 nitrogen and oxygen atoms in total. The SMILES string of the molecule is CC(C)(C)c1[c-]c2c(cc1)-c1ccc(C(C)(C)C)cc1C2.Clc1cccc([C](=[Zr+2])c2cccc3ccccc23)c1.[Cl-].[Cl-].c1cc[cH-]c1. The Labute approximate surface area is 314 Å². The standard InChI is InChI=1S/C21H25.C17H11Cl.C5H5.2ClH.Zr/c1-20(2,3)16-7-9-18-14(12-16)11-15-13-17(21(4,5)6)8-10-19(15)18;18-16-9-3-5-13(12-16)11-15-8-4-7-14-6-1-2-10-17(14)15;1-2-4-5-3-1;;;/h7-10,12H,11H2,1-6H3;1-10,12H;1-5H;2*1H;/q-1;;-1;;;+2/p-2. The molecule has 0 spiro atoms. The Bertz CT molecular complexity index is 1840. The van der Waals surface area contributed by atoms with Crippen molar-refractivity contribution in [3.05, 3.63) is 172 Å². The van der Waals surface area contributed by atoms with Crippen LogP contribution in [0.5, 0.6) is 0 Å². The zero-order valence-electron chi connectivity index (χ0n) is 28.0. The third-order valence-corrected chi connectivity index (χ3v) is 9.80. The van der Waals surface area contributed by atoms with Gasteiger partial charge in [0.1, 0.15) is 0 Å². The van der Waals surface area contributed by atoms with Crippen LogP contribution in [0, 0.1) is 6.07 Å². The molecule has 0 N–H and O–H groups in total. The molecule has 1 aliphatic carbocycles. The molecular formula is C43H41Cl3Zr-2. The maximum absolute atomic E-state index is 6.09. The molecule has 0 bridgehead atoms. The molecule has 0 fully saturated rings. The molecule has 240 valence electrons. The number of benzene rings is 5. The van der Waals surface area contributed by atoms with Crippen LogP contribution >= 0.6 is 11.6 Å². The maximum atomic E-state index is 6.09. The van der Waals surface area contributed by atoms with Gasteiger partial charge in [-0.2, -0.15) is 42.0 Å². The summed E-state index contributed by atoms with van der Waals surface area (Å²) in [5.41, 5.74) is 11.2. The molecule has 6 aromatic carbocycles. The van der Waals surface area contributed by atoms with Crippen LogP contribution in [-0.2, 0) is 41.5 Å². The summed E-state index contributed by atoms with van der Waals surface area (Å²) in [6, 6.07) is 48.2. The summed E-state index contributed by atoms with van der Waals surface area (Å²) in [4.78, 5) is 0. The smallest absolute Gasteiger partial charge is 0.172 e. The van der Waals surface area contributed by atoms with E-state index in [2.05, 4.69) is 126 Å². The zero-order chi connectivity index (χ0) is 32.2. The van der Waals surface area contributed by atoms with E-state index in [0.29, 0.717) is 0 Å². The van der Waals surface area contributed by atoms with E-state index in [1.54, 1.807) is 0 Å². The largest absolute Gasteiger partial charge is 1.00 e. The third kappa shape index (κ3) is 9.71. The van der Waals surface area contributed by atoms with E-state index in [4.69, 9.17) is 11.6 Å². The van der Waals surface area contributed by atoms with Gasteiger partial charge < -0.3 is 24.8 Å². The first-order valence-corrected chi connectivity index (χ1v) is 17.2. The van der Waals surface area contributed by atoms with Gasteiger partial charge in [0, 0.05) is 0 Å². The summed E-state index contributed by atoms with van der Waals surface area (Å²) in [5.74, 6) is 0. The van der Waals surface area contributed by atoms with Crippen molar-refractivity contribution in [3.63, 3.8) is 0 Å². The Kier molecular flexibility index (Phi) is 13.7. The molecule has 0 atom stereocenters. The van der Waals surface area contributed by atoms with Crippen LogP contribution in [0.1, 0.15) is 74.9 Å². The number of hydrogen-bond acceptors (Lipinski definition) is 0. The first kappa shape index (κ1) is 38.8. The molecule has 0 aromatic heterocycles. The third-order valence-electron chi connectivity index (χ3n) is 8.19. The molecular weight excluding hydrogens is 714 g/mol. The quantitative estimate of drug-likeness (QED) is 0.200. The van der Waals surface area contributed by atoms with E-state index in [1.807, 2.05) is 48.5 Å². The number of fused-ring (bicyclic) bond motifs is 4. The molecule has 0 unspecified atom stereocenters. The molecule has 0 saturated carbocycles. The first-order chi connectivity index (χ1) is 21.4. The van der Waals surface area contributed by atoms with Crippen LogP contribution in [0.15, 0.2) is 127 Å². The van der Waals surface area contributed by atoms with Gasteiger partial charge in [-0.15, -0.1) is 11.1 Å². The Morgan fingerprint density at radius 2 is 1.36 bits per heavy atom. The summed E-state index contributed by atoms with van der Waals surface area (Å²) in [6.07, 6.45) is 1.03. The normalized spacial score (nSPS) is 11.4. The van der Waals surface area contributed by atoms with E-state index in [1.165, 1.54) is 82.7 Å². The van der Waals surface area contributed by atoms with Crippen molar-refractivity contribution in [3.8, 4) is 11.1 Å². The Hall–Kier alpha value is -2.67. The fourth-order valence-corrected chi connectivity index (χ4v) is 6.70. The average molecular weight is 755 g/mol. The minimum absolute atomic E-state index is 0. The molecule has 6 aromatic rings. The van der Waals surface area contributed by atoms with Crippen molar-refractivity contribution in [2.24, 2.45) is 0 Å². The Morgan fingerprint density at radius 3 is 2.00 bits per heavy atom. The molecule has 1 aliphatic rings. The number of hydrogen-bond donors (Lipinski definition) is 0. The Balaban J connectivity index is 0.000000215. The van der Waals surface area contributed by atoms with Crippen molar-refractivity contribution >= 4 is 25.6 Å². The van der Waals surface area contributed by atoms with Crippen molar-refractivity contribution in [1.29, 1.82) is 0 Å². The summed E-state index contributed by atoms with van der Waals surface area (Å²) in [7, 11) is 0. The van der Waals surface area contributed by atoms with Gasteiger partial charge in [-0.25, -0.2) is 12.1 Å². The van der Waals surface area contributed by atoms with Crippen molar-refractivity contribution < 1.29 is 49.0 Å². The van der Waals surface area contributed by atoms with Gasteiger partial charge in [0.2, 0.25) is 0 Å². The van der Waals surface area contributed by atoms with Crippen LogP contribution in [0.25, 0.3) is 21.9 Å². The van der Waals surface area contributed by atoms with Crippen molar-refractivity contribution in [2.75, 3.05) is 0 Å². The van der Waals surface area contributed by atoms with Gasteiger partial charge in [-0.05, 0) is 28.4 Å². The van der Waals surface area contributed by atoms with E-state index in [9.17, 15) is 0 Å². The minimum atomic E-state index is 0. The van der Waals surface area contributed by atoms with Crippen LogP contribution < -0.4 is 24.8 Å². The second-order valence-electron chi connectivity index (χ2n) is 13.7. The molecule has 0 amide bonds. The second-order valence-corrected chi connectivity index (χ2v) is 15.4. The molecule has 0 saturated heterocycles. The monoisotopic (exact) mass is 752 g/mol. The van der Waals surface area contributed by atoms with Crippen LogP contribution in [-0.4, -0.2) is 3.21 Å². The predicted octanol–water partition coefficient (Wildman–Crippen LogP) is 5.68. The molecule has 0 radical (unpaired) electrons. The summed E-state index contributed by atoms with van der Waals surface area (Å²) < 4.78 is 1.34. The fraction of sp³-hybridized carbons (Fsp3) is 0.209. The summed E-state index contributed by atoms with van der Waals surface area (Å²) in [6.45, 7) is 13.6. The first-order valence-electron chi connectivity index (χ1n) is 15.6. The average Bonchev–Trinajstić information content (AvgIpc) is 3.71. The maximum Gasteiger partial charge on any atom is -0.172 e. The van der Waals surface area contributed by atoms with Gasteiger partial charge in [0.25, 0.3) is 0 Å². The van der Waals surface area contributed by atoms with Gasteiger partial charge >= 0.3 is 133 Å². The van der Waals surface area contributed by atoms with Gasteiger partial charge in [0.15, 0.2) is 0 Å². The summed E-state index contributed by atoms with van der Waals surface area (Å²) in [5, 5.41) is 3.37. The Morgan fingerprint density at radius 1 is 0.702 bits per heavy atom. The van der Waals surface area contributed by atoms with Gasteiger partial charge in [0.05, 0.1) is 0 Å². The molecule has 0 aliphatic heterocycles. The topological polar surface area (TPSA) is 0 Å². The zero-order valence-corrected chi connectivity index (χ0v) is 32.7. The van der Waals surface area contributed by atoms with Crippen LogP contribution in [0.4, 0.5) is 0 Å². The molecule has 0 heterocycles. The van der Waals surface area contributed by atoms with E-state index in [-0.39, 0.29) is 35.6 Å². The second kappa shape index (κ2) is 16.6. The molecule has 47 heavy (non-hydrogen) atoms. The van der Waals surface area contributed by atoms with Crippen LogP contribution in [0.3, 0.4) is 0 Å². The van der Waals surface area contributed by atoms with Gasteiger partial charge in [-0.1, -0.05) is 65.3 Å². The van der Waals surface area contributed by atoms with Crippen LogP contribution in [0.2, 0.25) is 5.02 Å². The summed E-state index contributed by atoms with van der Waals surface area (Å²) >= 11 is 7.49. The fourth-order valence-electron chi connectivity index (χ4n) is 5.59. The number of rotatable bonds is 2. The van der Waals surface area contributed by atoms with Crippen molar-refractivity contribution in [2.45, 2.75) is 58.8 Å². The number of halogens is 3.